The molecule has 0 amide bonds. The van der Waals surface area contributed by atoms with E-state index in [1.165, 1.54) is 20.8 Å². The van der Waals surface area contributed by atoms with E-state index in [1.807, 2.05) is 4.72 Å². The van der Waals surface area contributed by atoms with E-state index in [1.54, 1.807) is 0 Å². The molecule has 9 heteroatoms. The summed E-state index contributed by atoms with van der Waals surface area (Å²) in [6.07, 6.45) is 0. The molecule has 0 aromatic heterocycles. The predicted octanol–water partition coefficient (Wildman–Crippen LogP) is -0.561. The van der Waals surface area contributed by atoms with E-state index in [-0.39, 0.29) is 0 Å². The van der Waals surface area contributed by atoms with Crippen LogP contribution in [0.4, 0.5) is 0 Å². The van der Waals surface area contributed by atoms with Crippen molar-refractivity contribution in [1.82, 2.24) is 4.72 Å². The van der Waals surface area contributed by atoms with Gasteiger partial charge in [-0.3, -0.25) is 4.55 Å². The molecule has 0 aromatic rings. The molecule has 0 heterocycles. The zero-order valence-electron chi connectivity index (χ0n) is 7.30. The van der Waals surface area contributed by atoms with Gasteiger partial charge >= 0.3 is 20.7 Å². The summed E-state index contributed by atoms with van der Waals surface area (Å²) >= 11 is 0. The molecule has 0 saturated heterocycles. The van der Waals surface area contributed by atoms with E-state index in [0.717, 1.165) is 0 Å². The Morgan fingerprint density at radius 1 is 1.15 bits per heavy atom. The highest BCUT2D eigenvalue weighted by molar-refractivity contribution is 7.96. The molecule has 0 aromatic carbocycles. The van der Waals surface area contributed by atoms with Gasteiger partial charge in [0.1, 0.15) is 0 Å². The summed E-state index contributed by atoms with van der Waals surface area (Å²) in [6.45, 7) is 4.45. The quantitative estimate of drug-likeness (QED) is 0.632. The Hall–Kier alpha value is -0.220. The molecule has 0 rings (SSSR count). The van der Waals surface area contributed by atoms with E-state index in [9.17, 15) is 16.8 Å². The first-order valence-corrected chi connectivity index (χ1v) is 5.91. The largest absolute Gasteiger partial charge is 0.413 e. The van der Waals surface area contributed by atoms with Gasteiger partial charge in [0, 0.05) is 5.54 Å². The van der Waals surface area contributed by atoms with Crippen LogP contribution in [0.5, 0.6) is 0 Å². The van der Waals surface area contributed by atoms with E-state index in [0.29, 0.717) is 0 Å². The molecule has 0 aliphatic rings. The minimum absolute atomic E-state index is 0.885. The van der Waals surface area contributed by atoms with Crippen molar-refractivity contribution in [3.8, 4) is 0 Å². The number of hydrogen-bond acceptors (Lipinski definition) is 5. The first-order chi connectivity index (χ1) is 5.41. The lowest BCUT2D eigenvalue weighted by atomic mass is 10.1. The summed E-state index contributed by atoms with van der Waals surface area (Å²) in [5.41, 5.74) is -0.885. The number of hydrogen-bond donors (Lipinski definition) is 2. The van der Waals surface area contributed by atoms with Crippen molar-refractivity contribution in [2.75, 3.05) is 0 Å². The van der Waals surface area contributed by atoms with Gasteiger partial charge < -0.3 is 0 Å². The molecule has 0 fully saturated rings. The molecule has 0 aliphatic carbocycles. The Morgan fingerprint density at radius 3 is 1.77 bits per heavy atom. The van der Waals surface area contributed by atoms with Crippen LogP contribution in [0.3, 0.4) is 0 Å². The first-order valence-electron chi connectivity index (χ1n) is 3.14. The fraction of sp³-hybridized carbons (Fsp3) is 1.00. The summed E-state index contributed by atoms with van der Waals surface area (Å²) in [6, 6.07) is 0. The van der Waals surface area contributed by atoms with Gasteiger partial charge in [-0.15, -0.1) is 3.63 Å². The van der Waals surface area contributed by atoms with Crippen LogP contribution < -0.4 is 4.72 Å². The molecule has 0 saturated carbocycles. The van der Waals surface area contributed by atoms with Crippen LogP contribution in [-0.2, 0) is 24.3 Å². The van der Waals surface area contributed by atoms with Gasteiger partial charge in [0.05, 0.1) is 0 Å². The van der Waals surface area contributed by atoms with Crippen molar-refractivity contribution in [3.05, 3.63) is 0 Å². The van der Waals surface area contributed by atoms with E-state index >= 15 is 0 Å². The molecular weight excluding hydrogens is 222 g/mol. The van der Waals surface area contributed by atoms with Crippen molar-refractivity contribution >= 4 is 20.7 Å². The zero-order valence-corrected chi connectivity index (χ0v) is 8.94. The third-order valence-electron chi connectivity index (χ3n) is 0.607. The molecule has 80 valence electrons. The van der Waals surface area contributed by atoms with Gasteiger partial charge in [-0.1, -0.05) is 0 Å². The highest BCUT2D eigenvalue weighted by Crippen LogP contribution is 2.04. The summed E-state index contributed by atoms with van der Waals surface area (Å²) in [4.78, 5) is 0. The smallest absolute Gasteiger partial charge is 0.263 e. The lowest BCUT2D eigenvalue weighted by molar-refractivity contribution is 0.369. The maximum Gasteiger partial charge on any atom is 0.413 e. The maximum atomic E-state index is 10.8. The van der Waals surface area contributed by atoms with Gasteiger partial charge in [0.25, 0.3) is 0 Å². The Balaban J connectivity index is 4.65. The van der Waals surface area contributed by atoms with Gasteiger partial charge in [-0.2, -0.15) is 21.6 Å². The Labute approximate surface area is 77.3 Å². The molecule has 0 bridgehead atoms. The molecule has 0 aliphatic heterocycles. The van der Waals surface area contributed by atoms with E-state index in [4.69, 9.17) is 4.55 Å². The average molecular weight is 233 g/mol. The summed E-state index contributed by atoms with van der Waals surface area (Å²) in [7, 11) is -9.49. The van der Waals surface area contributed by atoms with Crippen LogP contribution in [-0.4, -0.2) is 26.9 Å². The average Bonchev–Trinajstić information content (AvgIpc) is 1.43. The molecule has 0 atom stereocenters. The summed E-state index contributed by atoms with van der Waals surface area (Å²) in [5, 5.41) is 0. The minimum atomic E-state index is -5.00. The fourth-order valence-electron chi connectivity index (χ4n) is 0.505. The van der Waals surface area contributed by atoms with Crippen LogP contribution >= 0.6 is 0 Å². The normalized spacial score (nSPS) is 14.5. The zero-order chi connectivity index (χ0) is 10.9. The minimum Gasteiger partial charge on any atom is -0.263 e. The van der Waals surface area contributed by atoms with Gasteiger partial charge in [-0.05, 0) is 20.8 Å². The van der Waals surface area contributed by atoms with Gasteiger partial charge in [0.15, 0.2) is 0 Å². The fourth-order valence-corrected chi connectivity index (χ4v) is 2.30. The SMILES string of the molecule is CC(C)(C)NS(=O)(=O)OS(=O)(=O)O. The molecule has 0 radical (unpaired) electrons. The van der Waals surface area contributed by atoms with E-state index in [2.05, 4.69) is 3.63 Å². The Morgan fingerprint density at radius 2 is 1.54 bits per heavy atom. The van der Waals surface area contributed by atoms with Crippen LogP contribution in [0.25, 0.3) is 0 Å². The van der Waals surface area contributed by atoms with Crippen LogP contribution in [0.15, 0.2) is 0 Å². The standard InChI is InChI=1S/C4H11NO6S2/c1-4(2,3)5-12(6,7)11-13(8,9)10/h5H,1-3H3,(H,8,9,10). The first kappa shape index (κ1) is 12.8. The molecule has 7 nitrogen and oxygen atoms in total. The summed E-state index contributed by atoms with van der Waals surface area (Å²) < 4.78 is 55.0. The van der Waals surface area contributed by atoms with Gasteiger partial charge in [0.2, 0.25) is 0 Å². The Bertz CT molecular complexity index is 360. The second-order valence-corrected chi connectivity index (χ2v) is 5.81. The van der Waals surface area contributed by atoms with Crippen molar-refractivity contribution in [2.24, 2.45) is 0 Å². The number of nitrogens with one attached hydrogen (secondary N) is 1. The van der Waals surface area contributed by atoms with Crippen LogP contribution in [0, 0.1) is 0 Å². The highest BCUT2D eigenvalue weighted by atomic mass is 32.3. The van der Waals surface area contributed by atoms with Crippen LogP contribution in [0.2, 0.25) is 0 Å². The third-order valence-corrected chi connectivity index (χ3v) is 2.87. The summed E-state index contributed by atoms with van der Waals surface area (Å²) in [5.74, 6) is 0. The second-order valence-electron chi connectivity index (χ2n) is 3.30. The lowest BCUT2D eigenvalue weighted by Gasteiger charge is -2.18. The molecule has 2 N–H and O–H groups in total. The lowest BCUT2D eigenvalue weighted by Crippen LogP contribution is -2.42. The second kappa shape index (κ2) is 3.50. The van der Waals surface area contributed by atoms with Crippen molar-refractivity contribution in [3.63, 3.8) is 0 Å². The highest BCUT2D eigenvalue weighted by Gasteiger charge is 2.25. The predicted molar refractivity (Wildman–Crippen MR) is 44.4 cm³/mol. The van der Waals surface area contributed by atoms with Gasteiger partial charge in [-0.25, -0.2) is 0 Å². The molecule has 13 heavy (non-hydrogen) atoms. The van der Waals surface area contributed by atoms with E-state index < -0.39 is 26.2 Å². The van der Waals surface area contributed by atoms with Crippen molar-refractivity contribution < 1.29 is 25.0 Å². The van der Waals surface area contributed by atoms with Crippen molar-refractivity contribution in [2.45, 2.75) is 26.3 Å². The molecule has 0 spiro atoms. The molecule has 0 unspecified atom stereocenters. The monoisotopic (exact) mass is 233 g/mol. The third kappa shape index (κ3) is 8.12. The topological polar surface area (TPSA) is 110 Å². The van der Waals surface area contributed by atoms with Crippen LogP contribution in [0.1, 0.15) is 20.8 Å². The van der Waals surface area contributed by atoms with Crippen molar-refractivity contribution in [1.29, 1.82) is 0 Å². The Kier molecular flexibility index (Phi) is 3.44. The maximum absolute atomic E-state index is 10.8. The number of rotatable bonds is 3. The molecular formula is C4H11NO6S2.